The van der Waals surface area contributed by atoms with E-state index in [-0.39, 0.29) is 5.25 Å². The lowest BCUT2D eigenvalue weighted by Crippen LogP contribution is -2.74. The number of sulfonamides is 1. The minimum atomic E-state index is -3.64. The zero-order valence-corrected chi connectivity index (χ0v) is 26.1. The summed E-state index contributed by atoms with van der Waals surface area (Å²) < 4.78 is 32.5. The van der Waals surface area contributed by atoms with Gasteiger partial charge in [0.2, 0.25) is 10.0 Å². The molecule has 0 amide bonds. The number of benzene rings is 1. The first-order chi connectivity index (χ1) is 17.7. The molecular weight excluding hydrogens is 490 g/mol. The van der Waals surface area contributed by atoms with Gasteiger partial charge in [-0.15, -0.1) is 0 Å². The Morgan fingerprint density at radius 1 is 0.763 bits per heavy atom. The molecule has 3 aliphatic rings. The third-order valence-corrected chi connectivity index (χ3v) is 13.9. The topological polar surface area (TPSA) is 66.1 Å². The maximum Gasteiger partial charge on any atom is 0.218 e. The third kappa shape index (κ3) is 3.57. The van der Waals surface area contributed by atoms with Crippen LogP contribution in [0.3, 0.4) is 0 Å². The quantitative estimate of drug-likeness (QED) is 0.434. The Labute approximate surface area is 231 Å². The number of aromatic nitrogens is 2. The number of nitrogens with one attached hydrogen (secondary N) is 1. The second kappa shape index (κ2) is 9.19. The smallest absolute Gasteiger partial charge is 0.218 e. The highest BCUT2D eigenvalue weighted by Crippen LogP contribution is 2.62. The number of rotatable bonds is 2. The van der Waals surface area contributed by atoms with E-state index in [1.54, 1.807) is 0 Å². The molecular formula is C32H49N3O2S. The fourth-order valence-electron chi connectivity index (χ4n) is 8.47. The molecule has 2 aliphatic heterocycles. The van der Waals surface area contributed by atoms with Crippen LogP contribution in [0, 0.1) is 34.6 Å². The molecule has 5 nitrogen and oxygen atoms in total. The number of H-pyrrole nitrogens is 1. The largest absolute Gasteiger partial charge is 0.282 e. The van der Waals surface area contributed by atoms with E-state index in [1.165, 1.54) is 52.6 Å². The van der Waals surface area contributed by atoms with Crippen molar-refractivity contribution >= 4 is 10.0 Å². The first kappa shape index (κ1) is 27.9. The zero-order chi connectivity index (χ0) is 27.8. The van der Waals surface area contributed by atoms with Gasteiger partial charge in [0.15, 0.2) is 0 Å². The first-order valence-electron chi connectivity index (χ1n) is 14.9. The summed E-state index contributed by atoms with van der Waals surface area (Å²) in [5, 5.41) is 7.84. The lowest BCUT2D eigenvalue weighted by molar-refractivity contribution is 0.0107. The number of aryl methyl sites for hydroxylation is 1. The molecule has 6 heteroatoms. The van der Waals surface area contributed by atoms with Gasteiger partial charge in [-0.25, -0.2) is 8.42 Å². The van der Waals surface area contributed by atoms with E-state index >= 15 is 8.42 Å². The van der Waals surface area contributed by atoms with Crippen molar-refractivity contribution < 1.29 is 8.42 Å². The van der Waals surface area contributed by atoms with E-state index < -0.39 is 26.5 Å². The van der Waals surface area contributed by atoms with Crippen molar-refractivity contribution in [2.24, 2.45) is 0 Å². The highest BCUT2D eigenvalue weighted by Gasteiger charge is 2.68. The number of hydrogen-bond donors (Lipinski definition) is 1. The van der Waals surface area contributed by atoms with Gasteiger partial charge in [-0.1, -0.05) is 58.8 Å². The van der Waals surface area contributed by atoms with Crippen LogP contribution in [-0.2, 0) is 27.4 Å². The molecule has 38 heavy (non-hydrogen) atoms. The first-order valence-corrected chi connectivity index (χ1v) is 16.4. The third-order valence-electron chi connectivity index (χ3n) is 11.3. The predicted octanol–water partition coefficient (Wildman–Crippen LogP) is 7.35. The number of aromatic amines is 1. The van der Waals surface area contributed by atoms with Gasteiger partial charge in [0.1, 0.15) is 0 Å². The summed E-state index contributed by atoms with van der Waals surface area (Å²) in [5.41, 5.74) is 8.83. The Kier molecular flexibility index (Phi) is 6.75. The standard InChI is InChI=1S/C32H49N3O2S/c1-20-21(2)23(4)27-26(22(20)3)19-31(8)30(6,7)29-28(24(5)33-34-29)32(27,9)35(31)38(36,37)25-17-15-13-11-10-12-14-16-18-25/h25H,10-19H2,1-9H3,(H,33,34). The molecule has 1 N–H and O–H groups in total. The number of hydrogen-bond acceptors (Lipinski definition) is 3. The molecule has 1 aliphatic carbocycles. The minimum Gasteiger partial charge on any atom is -0.282 e. The van der Waals surface area contributed by atoms with Crippen LogP contribution in [-0.4, -0.2) is 33.7 Å². The van der Waals surface area contributed by atoms with E-state index in [1.807, 2.05) is 4.31 Å². The van der Waals surface area contributed by atoms with E-state index in [0.29, 0.717) is 6.42 Å². The van der Waals surface area contributed by atoms with E-state index in [2.05, 4.69) is 67.4 Å². The Hall–Kier alpha value is -1.66. The normalized spacial score (nSPS) is 28.6. The van der Waals surface area contributed by atoms with Gasteiger partial charge in [-0.05, 0) is 101 Å². The Balaban J connectivity index is 1.83. The average Bonchev–Trinajstić information content (AvgIpc) is 3.26. The maximum atomic E-state index is 15.2. The van der Waals surface area contributed by atoms with Crippen LogP contribution in [0.25, 0.3) is 0 Å². The van der Waals surface area contributed by atoms with Crippen LogP contribution in [0.2, 0.25) is 0 Å². The van der Waals surface area contributed by atoms with Crippen LogP contribution in [0.1, 0.15) is 136 Å². The highest BCUT2D eigenvalue weighted by atomic mass is 32.2. The van der Waals surface area contributed by atoms with Crippen molar-refractivity contribution in [3.8, 4) is 0 Å². The molecule has 0 spiro atoms. The van der Waals surface area contributed by atoms with Crippen LogP contribution in [0.4, 0.5) is 0 Å². The second-order valence-electron chi connectivity index (χ2n) is 13.6. The summed E-state index contributed by atoms with van der Waals surface area (Å²) in [7, 11) is -3.64. The van der Waals surface area contributed by atoms with Crippen molar-refractivity contribution in [1.82, 2.24) is 14.5 Å². The Morgan fingerprint density at radius 2 is 1.29 bits per heavy atom. The van der Waals surface area contributed by atoms with Gasteiger partial charge in [0.05, 0.1) is 16.5 Å². The summed E-state index contributed by atoms with van der Waals surface area (Å²) in [6.07, 6.45) is 10.2. The molecule has 1 aromatic carbocycles. The lowest BCUT2D eigenvalue weighted by Gasteiger charge is -2.64. The van der Waals surface area contributed by atoms with Crippen LogP contribution < -0.4 is 0 Å². The minimum absolute atomic E-state index is 0.335. The summed E-state index contributed by atoms with van der Waals surface area (Å²) in [5.74, 6) is 0. The van der Waals surface area contributed by atoms with Crippen molar-refractivity contribution in [3.63, 3.8) is 0 Å². The van der Waals surface area contributed by atoms with Crippen molar-refractivity contribution in [2.45, 2.75) is 148 Å². The van der Waals surface area contributed by atoms with E-state index in [0.717, 1.165) is 55.5 Å². The molecule has 2 aromatic rings. The van der Waals surface area contributed by atoms with Gasteiger partial charge in [0, 0.05) is 22.2 Å². The molecule has 210 valence electrons. The molecule has 5 rings (SSSR count). The predicted molar refractivity (Wildman–Crippen MR) is 156 cm³/mol. The summed E-state index contributed by atoms with van der Waals surface area (Å²) >= 11 is 0. The van der Waals surface area contributed by atoms with Gasteiger partial charge in [-0.3, -0.25) is 5.10 Å². The fraction of sp³-hybridized carbons (Fsp3) is 0.719. The lowest BCUT2D eigenvalue weighted by atomic mass is 9.55. The summed E-state index contributed by atoms with van der Waals surface area (Å²) in [6, 6.07) is 0. The SMILES string of the molecule is Cc1[nH]nc2c1C1(C)c3c(C)c(C)c(C)c(C)c3CC(C)(N1S(=O)(=O)C1CCCCCCCCC1)C2(C)C. The maximum absolute atomic E-state index is 15.2. The zero-order valence-electron chi connectivity index (χ0n) is 25.3. The molecule has 2 unspecified atom stereocenters. The highest BCUT2D eigenvalue weighted by molar-refractivity contribution is 7.89. The van der Waals surface area contributed by atoms with Gasteiger partial charge in [0.25, 0.3) is 0 Å². The molecule has 1 fully saturated rings. The molecule has 0 saturated heterocycles. The molecule has 1 saturated carbocycles. The molecule has 3 heterocycles. The number of nitrogens with zero attached hydrogens (tertiary/aromatic N) is 2. The average molecular weight is 540 g/mol. The van der Waals surface area contributed by atoms with Crippen LogP contribution in [0.5, 0.6) is 0 Å². The second-order valence-corrected chi connectivity index (χ2v) is 15.6. The van der Waals surface area contributed by atoms with Crippen LogP contribution in [0.15, 0.2) is 0 Å². The van der Waals surface area contributed by atoms with Crippen molar-refractivity contribution in [3.05, 3.63) is 50.3 Å². The van der Waals surface area contributed by atoms with Gasteiger partial charge in [-0.2, -0.15) is 9.40 Å². The monoisotopic (exact) mass is 539 g/mol. The molecule has 2 bridgehead atoms. The Bertz CT molecular complexity index is 1360. The van der Waals surface area contributed by atoms with Crippen molar-refractivity contribution in [1.29, 1.82) is 0 Å². The fourth-order valence-corrected chi connectivity index (χ4v) is 11.2. The number of fused-ring (bicyclic) bond motifs is 6. The molecule has 2 atom stereocenters. The molecule has 0 radical (unpaired) electrons. The van der Waals surface area contributed by atoms with Gasteiger partial charge < -0.3 is 0 Å². The van der Waals surface area contributed by atoms with E-state index in [4.69, 9.17) is 5.10 Å². The summed E-state index contributed by atoms with van der Waals surface area (Å²) in [4.78, 5) is 0. The van der Waals surface area contributed by atoms with E-state index in [9.17, 15) is 0 Å². The van der Waals surface area contributed by atoms with Crippen molar-refractivity contribution in [2.75, 3.05) is 0 Å². The van der Waals surface area contributed by atoms with Gasteiger partial charge >= 0.3 is 0 Å². The Morgan fingerprint density at radius 3 is 1.87 bits per heavy atom. The molecule has 1 aromatic heterocycles. The van der Waals surface area contributed by atoms with Crippen LogP contribution >= 0.6 is 0 Å². The summed E-state index contributed by atoms with van der Waals surface area (Å²) in [6.45, 7) is 19.8.